The minimum absolute atomic E-state index is 0.0787. The summed E-state index contributed by atoms with van der Waals surface area (Å²) in [6.45, 7) is 5.44. The lowest BCUT2D eigenvalue weighted by Gasteiger charge is -2.23. The van der Waals surface area contributed by atoms with Crippen LogP contribution < -0.4 is 11.1 Å². The van der Waals surface area contributed by atoms with Gasteiger partial charge < -0.3 is 11.1 Å². The maximum absolute atomic E-state index is 9.66. The molecule has 0 saturated carbocycles. The van der Waals surface area contributed by atoms with Crippen molar-refractivity contribution in [1.82, 2.24) is 5.32 Å². The molecule has 0 radical (unpaired) electrons. The molecule has 0 atom stereocenters. The molecule has 10 heavy (non-hydrogen) atoms. The molecule has 0 aromatic carbocycles. The Hall–Kier alpha value is -0.480. The van der Waals surface area contributed by atoms with Crippen LogP contribution in [0.3, 0.4) is 0 Å². The van der Waals surface area contributed by atoms with Crippen LogP contribution in [0.25, 0.3) is 0 Å². The first-order chi connectivity index (χ1) is 4.62. The van der Waals surface area contributed by atoms with Crippen LogP contribution in [0.15, 0.2) is 5.18 Å². The van der Waals surface area contributed by atoms with Crippen molar-refractivity contribution in [3.05, 3.63) is 4.91 Å². The first-order valence-corrected chi connectivity index (χ1v) is 3.36. The van der Waals surface area contributed by atoms with Crippen molar-refractivity contribution in [1.29, 1.82) is 0 Å². The summed E-state index contributed by atoms with van der Waals surface area (Å²) in [5.74, 6) is 0. The van der Waals surface area contributed by atoms with Crippen LogP contribution in [0.4, 0.5) is 0 Å². The lowest BCUT2D eigenvalue weighted by atomic mass is 10.1. The molecule has 0 aromatic rings. The van der Waals surface area contributed by atoms with Gasteiger partial charge in [-0.1, -0.05) is 5.18 Å². The molecule has 0 aliphatic rings. The molecule has 0 bridgehead atoms. The van der Waals surface area contributed by atoms with Crippen molar-refractivity contribution >= 4 is 0 Å². The fraction of sp³-hybridized carbons (Fsp3) is 1.00. The van der Waals surface area contributed by atoms with Gasteiger partial charge in [-0.2, -0.15) is 4.91 Å². The number of nitroso groups, excluding NO2 is 1. The summed E-state index contributed by atoms with van der Waals surface area (Å²) >= 11 is 0. The molecule has 60 valence electrons. The highest BCUT2D eigenvalue weighted by molar-refractivity contribution is 4.77. The Morgan fingerprint density at radius 2 is 2.20 bits per heavy atom. The lowest BCUT2D eigenvalue weighted by molar-refractivity contribution is 0.404. The number of nitrogens with zero attached hydrogens (tertiary/aromatic N) is 1. The van der Waals surface area contributed by atoms with Crippen LogP contribution in [0, 0.1) is 4.91 Å². The Labute approximate surface area is 61.1 Å². The summed E-state index contributed by atoms with van der Waals surface area (Å²) in [6.07, 6.45) is 0. The van der Waals surface area contributed by atoms with Crippen LogP contribution in [-0.4, -0.2) is 25.2 Å². The maximum Gasteiger partial charge on any atom is 0.0935 e. The molecule has 4 heteroatoms. The first kappa shape index (κ1) is 9.52. The van der Waals surface area contributed by atoms with E-state index in [1.807, 2.05) is 13.8 Å². The van der Waals surface area contributed by atoms with Crippen molar-refractivity contribution in [2.24, 2.45) is 10.9 Å². The number of nitrogens with two attached hydrogens (primary N) is 1. The van der Waals surface area contributed by atoms with Crippen LogP contribution in [0.1, 0.15) is 13.8 Å². The second-order valence-corrected chi connectivity index (χ2v) is 2.87. The van der Waals surface area contributed by atoms with Crippen molar-refractivity contribution < 1.29 is 0 Å². The van der Waals surface area contributed by atoms with E-state index < -0.39 is 0 Å². The van der Waals surface area contributed by atoms with Crippen molar-refractivity contribution in [3.63, 3.8) is 0 Å². The summed E-state index contributed by atoms with van der Waals surface area (Å²) in [5.41, 5.74) is 5.34. The average molecular weight is 145 g/mol. The highest BCUT2D eigenvalue weighted by atomic mass is 16.3. The number of hydrogen-bond donors (Lipinski definition) is 2. The van der Waals surface area contributed by atoms with Crippen LogP contribution in [0.5, 0.6) is 0 Å². The van der Waals surface area contributed by atoms with E-state index in [0.717, 1.165) is 0 Å². The van der Waals surface area contributed by atoms with E-state index in [0.29, 0.717) is 19.6 Å². The second kappa shape index (κ2) is 4.35. The monoisotopic (exact) mass is 145 g/mol. The fourth-order valence-electron chi connectivity index (χ4n) is 0.512. The largest absolute Gasteiger partial charge is 0.329 e. The summed E-state index contributed by atoms with van der Waals surface area (Å²) in [4.78, 5) is 9.66. The van der Waals surface area contributed by atoms with E-state index in [4.69, 9.17) is 5.73 Å². The molecule has 0 amide bonds. The van der Waals surface area contributed by atoms with Crippen molar-refractivity contribution in [2.45, 2.75) is 19.4 Å². The molecule has 0 unspecified atom stereocenters. The summed E-state index contributed by atoms with van der Waals surface area (Å²) in [5, 5.41) is 5.81. The minimum atomic E-state index is -0.0787. The normalized spacial score (nSPS) is 11.5. The van der Waals surface area contributed by atoms with Crippen LogP contribution in [0.2, 0.25) is 0 Å². The van der Waals surface area contributed by atoms with E-state index in [9.17, 15) is 4.91 Å². The number of rotatable bonds is 5. The van der Waals surface area contributed by atoms with Crippen molar-refractivity contribution in [2.75, 3.05) is 19.6 Å². The van der Waals surface area contributed by atoms with E-state index in [1.54, 1.807) is 0 Å². The molecule has 0 saturated heterocycles. The van der Waals surface area contributed by atoms with E-state index >= 15 is 0 Å². The molecule has 0 heterocycles. The quantitative estimate of drug-likeness (QED) is 0.425. The van der Waals surface area contributed by atoms with Gasteiger partial charge in [-0.05, 0) is 13.8 Å². The molecule has 0 spiro atoms. The highest BCUT2D eigenvalue weighted by Crippen LogP contribution is 1.96. The summed E-state index contributed by atoms with van der Waals surface area (Å²) in [7, 11) is 0. The summed E-state index contributed by atoms with van der Waals surface area (Å²) in [6, 6.07) is 0. The van der Waals surface area contributed by atoms with Gasteiger partial charge in [-0.15, -0.1) is 0 Å². The van der Waals surface area contributed by atoms with Gasteiger partial charge in [0.25, 0.3) is 0 Å². The maximum atomic E-state index is 9.66. The molecular weight excluding hydrogens is 130 g/mol. The molecule has 4 nitrogen and oxygen atoms in total. The van der Waals surface area contributed by atoms with E-state index in [1.165, 1.54) is 0 Å². The number of hydrogen-bond acceptors (Lipinski definition) is 4. The highest BCUT2D eigenvalue weighted by Gasteiger charge is 2.12. The SMILES string of the molecule is CC(C)(CN)NCCN=O. The lowest BCUT2D eigenvalue weighted by Crippen LogP contribution is -2.46. The van der Waals surface area contributed by atoms with Crippen molar-refractivity contribution in [3.8, 4) is 0 Å². The summed E-state index contributed by atoms with van der Waals surface area (Å²) < 4.78 is 0. The molecule has 0 fully saturated rings. The number of nitrogens with one attached hydrogen (secondary N) is 1. The van der Waals surface area contributed by atoms with Gasteiger partial charge in [-0.3, -0.25) is 0 Å². The molecular formula is C6H15N3O. The van der Waals surface area contributed by atoms with Gasteiger partial charge in [0.1, 0.15) is 0 Å². The van der Waals surface area contributed by atoms with Crippen LogP contribution >= 0.6 is 0 Å². The standard InChI is InChI=1S/C6H15N3O/c1-6(2,5-7)8-3-4-9-10/h8H,3-5,7H2,1-2H3. The molecule has 0 aromatic heterocycles. The zero-order chi connectivity index (χ0) is 8.04. The molecule has 0 aliphatic heterocycles. The third-order valence-corrected chi connectivity index (χ3v) is 1.32. The van der Waals surface area contributed by atoms with Gasteiger partial charge >= 0.3 is 0 Å². The molecule has 0 rings (SSSR count). The van der Waals surface area contributed by atoms with E-state index in [-0.39, 0.29) is 5.54 Å². The van der Waals surface area contributed by atoms with Gasteiger partial charge in [-0.25, -0.2) is 0 Å². The van der Waals surface area contributed by atoms with Gasteiger partial charge in [0, 0.05) is 18.6 Å². The van der Waals surface area contributed by atoms with Gasteiger partial charge in [0.05, 0.1) is 6.54 Å². The Morgan fingerprint density at radius 3 is 2.60 bits per heavy atom. The minimum Gasteiger partial charge on any atom is -0.329 e. The Morgan fingerprint density at radius 1 is 1.60 bits per heavy atom. The fourth-order valence-corrected chi connectivity index (χ4v) is 0.512. The predicted octanol–water partition coefficient (Wildman–Crippen LogP) is 0.0797. The second-order valence-electron chi connectivity index (χ2n) is 2.87. The van der Waals surface area contributed by atoms with Gasteiger partial charge in [0.15, 0.2) is 0 Å². The Bertz CT molecular complexity index is 103. The first-order valence-electron chi connectivity index (χ1n) is 3.36. The zero-order valence-corrected chi connectivity index (χ0v) is 6.55. The average Bonchev–Trinajstić information content (AvgIpc) is 1.89. The third-order valence-electron chi connectivity index (χ3n) is 1.32. The van der Waals surface area contributed by atoms with Crippen LogP contribution in [-0.2, 0) is 0 Å². The Kier molecular flexibility index (Phi) is 4.14. The smallest absolute Gasteiger partial charge is 0.0935 e. The third kappa shape index (κ3) is 4.40. The van der Waals surface area contributed by atoms with Gasteiger partial charge in [0.2, 0.25) is 0 Å². The van der Waals surface area contributed by atoms with E-state index in [2.05, 4.69) is 10.5 Å². The topological polar surface area (TPSA) is 67.5 Å². The molecule has 0 aliphatic carbocycles. The Balaban J connectivity index is 3.36. The molecule has 3 N–H and O–H groups in total. The predicted molar refractivity (Wildman–Crippen MR) is 41.8 cm³/mol. The zero-order valence-electron chi connectivity index (χ0n) is 6.55.